The van der Waals surface area contributed by atoms with E-state index in [2.05, 4.69) is 11.0 Å². The molecule has 0 N–H and O–H groups in total. The number of halogens is 3. The van der Waals surface area contributed by atoms with E-state index >= 15 is 0 Å². The van der Waals surface area contributed by atoms with Gasteiger partial charge in [0.25, 0.3) is 0 Å². The molecule has 1 saturated heterocycles. The maximum absolute atomic E-state index is 12.6. The van der Waals surface area contributed by atoms with Crippen LogP contribution in [-0.4, -0.2) is 18.0 Å². The molecule has 2 nitrogen and oxygen atoms in total. The SMILES string of the molecule is CC1(C#N)CCN(Cc2cccc(C(F)(F)F)c2)CC1. The molecular formula is C15H17F3N2. The van der Waals surface area contributed by atoms with Crippen molar-refractivity contribution >= 4 is 0 Å². The van der Waals surface area contributed by atoms with Crippen molar-refractivity contribution in [1.82, 2.24) is 4.90 Å². The minimum absolute atomic E-state index is 0.287. The van der Waals surface area contributed by atoms with Gasteiger partial charge in [0, 0.05) is 6.54 Å². The Hall–Kier alpha value is -1.54. The normalized spacial score (nSPS) is 19.6. The van der Waals surface area contributed by atoms with Gasteiger partial charge >= 0.3 is 6.18 Å². The van der Waals surface area contributed by atoms with E-state index in [0.717, 1.165) is 32.0 Å². The van der Waals surface area contributed by atoms with Crippen LogP contribution in [0, 0.1) is 16.7 Å². The second kappa shape index (κ2) is 5.45. The smallest absolute Gasteiger partial charge is 0.299 e. The Bertz CT molecular complexity index is 509. The van der Waals surface area contributed by atoms with E-state index in [1.54, 1.807) is 6.07 Å². The van der Waals surface area contributed by atoms with E-state index in [1.165, 1.54) is 12.1 Å². The van der Waals surface area contributed by atoms with Crippen LogP contribution in [0.3, 0.4) is 0 Å². The lowest BCUT2D eigenvalue weighted by Gasteiger charge is -2.34. The Morgan fingerprint density at radius 1 is 1.30 bits per heavy atom. The molecule has 1 aliphatic rings. The van der Waals surface area contributed by atoms with Gasteiger partial charge in [0.2, 0.25) is 0 Å². The average molecular weight is 282 g/mol. The first kappa shape index (κ1) is 14.9. The van der Waals surface area contributed by atoms with Gasteiger partial charge in [0.05, 0.1) is 17.0 Å². The van der Waals surface area contributed by atoms with Crippen LogP contribution in [0.1, 0.15) is 30.9 Å². The Balaban J connectivity index is 2.00. The topological polar surface area (TPSA) is 27.0 Å². The molecule has 108 valence electrons. The number of piperidine rings is 1. The molecule has 0 radical (unpaired) electrons. The quantitative estimate of drug-likeness (QED) is 0.824. The molecule has 1 aromatic carbocycles. The van der Waals surface area contributed by atoms with Crippen molar-refractivity contribution in [2.75, 3.05) is 13.1 Å². The van der Waals surface area contributed by atoms with Crippen LogP contribution in [0.5, 0.6) is 0 Å². The van der Waals surface area contributed by atoms with Crippen LogP contribution in [0.15, 0.2) is 24.3 Å². The molecule has 2 rings (SSSR count). The Morgan fingerprint density at radius 2 is 1.95 bits per heavy atom. The molecule has 0 spiro atoms. The number of rotatable bonds is 2. The highest BCUT2D eigenvalue weighted by molar-refractivity contribution is 5.25. The molecule has 1 aromatic rings. The molecule has 0 saturated carbocycles. The van der Waals surface area contributed by atoms with E-state index in [1.807, 2.05) is 6.92 Å². The van der Waals surface area contributed by atoms with Crippen molar-refractivity contribution in [2.45, 2.75) is 32.5 Å². The summed E-state index contributed by atoms with van der Waals surface area (Å²) in [5.74, 6) is 0. The molecule has 5 heteroatoms. The van der Waals surface area contributed by atoms with E-state index in [4.69, 9.17) is 5.26 Å². The highest BCUT2D eigenvalue weighted by Crippen LogP contribution is 2.32. The van der Waals surface area contributed by atoms with Crippen molar-refractivity contribution in [3.63, 3.8) is 0 Å². The average Bonchev–Trinajstić information content (AvgIpc) is 2.41. The van der Waals surface area contributed by atoms with Crippen molar-refractivity contribution in [2.24, 2.45) is 5.41 Å². The second-order valence-electron chi connectivity index (χ2n) is 5.65. The van der Waals surface area contributed by atoms with Gasteiger partial charge in [-0.25, -0.2) is 0 Å². The van der Waals surface area contributed by atoms with Gasteiger partial charge in [-0.15, -0.1) is 0 Å². The number of hydrogen-bond acceptors (Lipinski definition) is 2. The third-order valence-corrected chi connectivity index (χ3v) is 3.89. The lowest BCUT2D eigenvalue weighted by molar-refractivity contribution is -0.137. The molecule has 20 heavy (non-hydrogen) atoms. The summed E-state index contributed by atoms with van der Waals surface area (Å²) in [4.78, 5) is 2.11. The lowest BCUT2D eigenvalue weighted by atomic mass is 9.82. The third kappa shape index (κ3) is 3.51. The van der Waals surface area contributed by atoms with Gasteiger partial charge in [0.15, 0.2) is 0 Å². The number of hydrogen-bond donors (Lipinski definition) is 0. The first-order valence-corrected chi connectivity index (χ1v) is 6.62. The van der Waals surface area contributed by atoms with Gasteiger partial charge < -0.3 is 0 Å². The van der Waals surface area contributed by atoms with Crippen LogP contribution in [0.4, 0.5) is 13.2 Å². The fourth-order valence-corrected chi connectivity index (χ4v) is 2.42. The van der Waals surface area contributed by atoms with Crippen LogP contribution < -0.4 is 0 Å². The molecule has 1 fully saturated rings. The lowest BCUT2D eigenvalue weighted by Crippen LogP contribution is -2.37. The van der Waals surface area contributed by atoms with Crippen LogP contribution in [0.2, 0.25) is 0 Å². The Morgan fingerprint density at radius 3 is 2.50 bits per heavy atom. The highest BCUT2D eigenvalue weighted by Gasteiger charge is 2.32. The summed E-state index contributed by atoms with van der Waals surface area (Å²) in [7, 11) is 0. The van der Waals surface area contributed by atoms with Gasteiger partial charge in [-0.05, 0) is 44.5 Å². The first-order chi connectivity index (χ1) is 9.32. The molecule has 1 aliphatic heterocycles. The van der Waals surface area contributed by atoms with E-state index in [-0.39, 0.29) is 5.41 Å². The molecular weight excluding hydrogens is 265 g/mol. The van der Waals surface area contributed by atoms with Gasteiger partial charge in [-0.3, -0.25) is 4.90 Å². The largest absolute Gasteiger partial charge is 0.416 e. The van der Waals surface area contributed by atoms with Gasteiger partial charge in [-0.2, -0.15) is 18.4 Å². The third-order valence-electron chi connectivity index (χ3n) is 3.89. The summed E-state index contributed by atoms with van der Waals surface area (Å²) in [5, 5.41) is 9.06. The van der Waals surface area contributed by atoms with Crippen molar-refractivity contribution in [3.05, 3.63) is 35.4 Å². The molecule has 0 unspecified atom stereocenters. The first-order valence-electron chi connectivity index (χ1n) is 6.62. The van der Waals surface area contributed by atoms with Crippen LogP contribution in [0.25, 0.3) is 0 Å². The molecule has 1 heterocycles. The minimum atomic E-state index is -4.29. The number of alkyl halides is 3. The second-order valence-corrected chi connectivity index (χ2v) is 5.65. The summed E-state index contributed by atoms with van der Waals surface area (Å²) in [6.45, 7) is 3.95. The number of benzene rings is 1. The predicted molar refractivity (Wildman–Crippen MR) is 69.7 cm³/mol. The molecule has 0 atom stereocenters. The number of nitrogens with zero attached hydrogens (tertiary/aromatic N) is 2. The Labute approximate surface area is 116 Å². The number of nitriles is 1. The summed E-state index contributed by atoms with van der Waals surface area (Å²) in [5.41, 5.74) is -0.223. The maximum Gasteiger partial charge on any atom is 0.416 e. The summed E-state index contributed by atoms with van der Waals surface area (Å²) < 4.78 is 37.9. The monoisotopic (exact) mass is 282 g/mol. The zero-order valence-electron chi connectivity index (χ0n) is 11.4. The predicted octanol–water partition coefficient (Wildman–Crippen LogP) is 3.83. The van der Waals surface area contributed by atoms with E-state index in [9.17, 15) is 13.2 Å². The zero-order valence-corrected chi connectivity index (χ0v) is 11.4. The maximum atomic E-state index is 12.6. The van der Waals surface area contributed by atoms with Crippen LogP contribution >= 0.6 is 0 Å². The Kier molecular flexibility index (Phi) is 4.05. The molecule has 0 bridgehead atoms. The highest BCUT2D eigenvalue weighted by atomic mass is 19.4. The summed E-state index contributed by atoms with van der Waals surface area (Å²) in [6, 6.07) is 7.78. The summed E-state index contributed by atoms with van der Waals surface area (Å²) in [6.07, 6.45) is -2.76. The molecule has 0 aromatic heterocycles. The van der Waals surface area contributed by atoms with E-state index in [0.29, 0.717) is 12.1 Å². The zero-order chi connectivity index (χ0) is 14.8. The fraction of sp³-hybridized carbons (Fsp3) is 0.533. The molecule has 0 amide bonds. The fourth-order valence-electron chi connectivity index (χ4n) is 2.42. The summed E-state index contributed by atoms with van der Waals surface area (Å²) >= 11 is 0. The van der Waals surface area contributed by atoms with Crippen LogP contribution in [-0.2, 0) is 12.7 Å². The minimum Gasteiger partial charge on any atom is -0.299 e. The van der Waals surface area contributed by atoms with E-state index < -0.39 is 11.7 Å². The van der Waals surface area contributed by atoms with Crippen molar-refractivity contribution in [3.8, 4) is 6.07 Å². The van der Waals surface area contributed by atoms with Crippen molar-refractivity contribution < 1.29 is 13.2 Å². The van der Waals surface area contributed by atoms with Gasteiger partial charge in [-0.1, -0.05) is 18.2 Å². The van der Waals surface area contributed by atoms with Gasteiger partial charge in [0.1, 0.15) is 0 Å². The molecule has 0 aliphatic carbocycles. The number of likely N-dealkylation sites (tertiary alicyclic amines) is 1. The van der Waals surface area contributed by atoms with Crippen molar-refractivity contribution in [1.29, 1.82) is 5.26 Å². The standard InChI is InChI=1S/C15H17F3N2/c1-14(11-19)5-7-20(8-6-14)10-12-3-2-4-13(9-12)15(16,17)18/h2-4,9H,5-8,10H2,1H3.